The van der Waals surface area contributed by atoms with Gasteiger partial charge in [0.05, 0.1) is 0 Å². The largest absolute Gasteiger partial charge is 0.0596 e. The molecule has 0 nitrogen and oxygen atoms in total. The predicted molar refractivity (Wildman–Crippen MR) is 43.8 cm³/mol. The normalized spacial score (nSPS) is 50.1. The fourth-order valence-electron chi connectivity index (χ4n) is 3.39. The Kier molecular flexibility index (Phi) is 1.07. The topological polar surface area (TPSA) is 0 Å². The van der Waals surface area contributed by atoms with Crippen LogP contribution in [0.3, 0.4) is 0 Å². The molecule has 0 N–H and O–H groups in total. The van der Waals surface area contributed by atoms with Gasteiger partial charge < -0.3 is 0 Å². The van der Waals surface area contributed by atoms with Gasteiger partial charge in [0.15, 0.2) is 0 Å². The molecule has 2 bridgehead atoms. The van der Waals surface area contributed by atoms with E-state index in [4.69, 9.17) is 0 Å². The van der Waals surface area contributed by atoms with Crippen molar-refractivity contribution in [2.45, 2.75) is 46.5 Å². The van der Waals surface area contributed by atoms with E-state index in [9.17, 15) is 0 Å². The van der Waals surface area contributed by atoms with Crippen molar-refractivity contribution >= 4 is 0 Å². The van der Waals surface area contributed by atoms with Crippen molar-refractivity contribution in [1.29, 1.82) is 0 Å². The van der Waals surface area contributed by atoms with Crippen molar-refractivity contribution in [3.05, 3.63) is 0 Å². The molecule has 0 radical (unpaired) electrons. The van der Waals surface area contributed by atoms with E-state index in [0.717, 1.165) is 11.3 Å². The lowest BCUT2D eigenvalue weighted by Crippen LogP contribution is -2.22. The summed E-state index contributed by atoms with van der Waals surface area (Å²) >= 11 is 0. The fraction of sp³-hybridized carbons (Fsp3) is 1.00. The van der Waals surface area contributed by atoms with Gasteiger partial charge in [-0.25, -0.2) is 0 Å². The van der Waals surface area contributed by atoms with Crippen molar-refractivity contribution in [3.8, 4) is 0 Å². The molecule has 0 unspecified atom stereocenters. The standard InChI is InChI=1S/C10H18/c1-9(2)7-10(3)5-4-8(9)6-10/h8H,4-7H2,1-3H3/t8-,10+/m1/s1. The summed E-state index contributed by atoms with van der Waals surface area (Å²) < 4.78 is 0. The van der Waals surface area contributed by atoms with Crippen molar-refractivity contribution in [2.24, 2.45) is 16.7 Å². The summed E-state index contributed by atoms with van der Waals surface area (Å²) in [6.07, 6.45) is 6.00. The zero-order valence-corrected chi connectivity index (χ0v) is 7.41. The van der Waals surface area contributed by atoms with Crippen molar-refractivity contribution in [3.63, 3.8) is 0 Å². The van der Waals surface area contributed by atoms with Crippen LogP contribution < -0.4 is 0 Å². The SMILES string of the molecule is CC1(C)C[C@@]2(C)CC[C@@H]1C2. The summed E-state index contributed by atoms with van der Waals surface area (Å²) in [4.78, 5) is 0. The van der Waals surface area contributed by atoms with E-state index in [1.807, 2.05) is 0 Å². The van der Waals surface area contributed by atoms with Crippen LogP contribution in [0.5, 0.6) is 0 Å². The number of fused-ring (bicyclic) bond motifs is 2. The van der Waals surface area contributed by atoms with Crippen molar-refractivity contribution in [2.75, 3.05) is 0 Å². The van der Waals surface area contributed by atoms with Crippen LogP contribution in [0, 0.1) is 16.7 Å². The van der Waals surface area contributed by atoms with Crippen LogP contribution in [0.1, 0.15) is 46.5 Å². The predicted octanol–water partition coefficient (Wildman–Crippen LogP) is 3.22. The van der Waals surface area contributed by atoms with Gasteiger partial charge >= 0.3 is 0 Å². The monoisotopic (exact) mass is 138 g/mol. The first-order valence-electron chi connectivity index (χ1n) is 4.52. The van der Waals surface area contributed by atoms with Gasteiger partial charge in [0.25, 0.3) is 0 Å². The van der Waals surface area contributed by atoms with E-state index in [1.165, 1.54) is 25.7 Å². The molecule has 0 heterocycles. The van der Waals surface area contributed by atoms with Gasteiger partial charge in [-0.2, -0.15) is 0 Å². The second kappa shape index (κ2) is 1.60. The Morgan fingerprint density at radius 1 is 1.20 bits per heavy atom. The second-order valence-corrected chi connectivity index (χ2v) is 5.42. The molecule has 10 heavy (non-hydrogen) atoms. The van der Waals surface area contributed by atoms with Gasteiger partial charge in [-0.3, -0.25) is 0 Å². The molecule has 2 aliphatic rings. The molecule has 0 aromatic carbocycles. The summed E-state index contributed by atoms with van der Waals surface area (Å²) in [5.41, 5.74) is 1.42. The highest BCUT2D eigenvalue weighted by Gasteiger charge is 2.51. The minimum atomic E-state index is 0.674. The summed E-state index contributed by atoms with van der Waals surface area (Å²) in [6.45, 7) is 7.37. The van der Waals surface area contributed by atoms with Crippen molar-refractivity contribution < 1.29 is 0 Å². The molecule has 0 spiro atoms. The van der Waals surface area contributed by atoms with E-state index >= 15 is 0 Å². The maximum absolute atomic E-state index is 2.47. The van der Waals surface area contributed by atoms with Gasteiger partial charge in [-0.15, -0.1) is 0 Å². The summed E-state index contributed by atoms with van der Waals surface area (Å²) in [7, 11) is 0. The van der Waals surface area contributed by atoms with Crippen LogP contribution in [0.15, 0.2) is 0 Å². The van der Waals surface area contributed by atoms with Gasteiger partial charge in [-0.05, 0) is 42.4 Å². The Morgan fingerprint density at radius 3 is 2.10 bits per heavy atom. The second-order valence-electron chi connectivity index (χ2n) is 5.42. The van der Waals surface area contributed by atoms with Gasteiger partial charge in [0, 0.05) is 0 Å². The van der Waals surface area contributed by atoms with Crippen LogP contribution >= 0.6 is 0 Å². The van der Waals surface area contributed by atoms with E-state index in [1.54, 1.807) is 0 Å². The first-order chi connectivity index (χ1) is 4.52. The smallest absolute Gasteiger partial charge is 0.0318 e. The molecule has 0 amide bonds. The lowest BCUT2D eigenvalue weighted by molar-refractivity contribution is 0.182. The average molecular weight is 138 g/mol. The van der Waals surface area contributed by atoms with Crippen LogP contribution in [0.25, 0.3) is 0 Å². The maximum Gasteiger partial charge on any atom is -0.0318 e. The van der Waals surface area contributed by atoms with Crippen LogP contribution in [-0.2, 0) is 0 Å². The molecule has 2 aliphatic carbocycles. The molecule has 0 aliphatic heterocycles. The minimum Gasteiger partial charge on any atom is -0.0596 e. The Labute approximate surface area is 64.0 Å². The van der Waals surface area contributed by atoms with E-state index in [2.05, 4.69) is 20.8 Å². The Morgan fingerprint density at radius 2 is 1.90 bits per heavy atom. The first kappa shape index (κ1) is 6.69. The third-order valence-electron chi connectivity index (χ3n) is 3.82. The number of hydrogen-bond donors (Lipinski definition) is 0. The van der Waals surface area contributed by atoms with E-state index in [0.29, 0.717) is 5.41 Å². The Hall–Kier alpha value is 0. The first-order valence-corrected chi connectivity index (χ1v) is 4.52. The average Bonchev–Trinajstić information content (AvgIpc) is 2.16. The molecule has 0 saturated heterocycles. The number of hydrogen-bond acceptors (Lipinski definition) is 0. The molecule has 0 heteroatoms. The van der Waals surface area contributed by atoms with Crippen LogP contribution in [-0.4, -0.2) is 0 Å². The maximum atomic E-state index is 2.47. The fourth-order valence-corrected chi connectivity index (χ4v) is 3.39. The molecule has 2 atom stereocenters. The molecule has 2 rings (SSSR count). The van der Waals surface area contributed by atoms with Crippen LogP contribution in [0.2, 0.25) is 0 Å². The molecular formula is C10H18. The molecule has 2 saturated carbocycles. The highest BCUT2D eigenvalue weighted by Crippen LogP contribution is 2.62. The zero-order chi connectivity index (χ0) is 7.41. The molecule has 0 aromatic heterocycles. The molecule has 0 aromatic rings. The quantitative estimate of drug-likeness (QED) is 0.482. The zero-order valence-electron chi connectivity index (χ0n) is 7.41. The van der Waals surface area contributed by atoms with Crippen LogP contribution in [0.4, 0.5) is 0 Å². The molecular weight excluding hydrogens is 120 g/mol. The lowest BCUT2D eigenvalue weighted by atomic mass is 9.73. The van der Waals surface area contributed by atoms with E-state index < -0.39 is 0 Å². The number of rotatable bonds is 0. The van der Waals surface area contributed by atoms with Gasteiger partial charge in [-0.1, -0.05) is 20.8 Å². The van der Waals surface area contributed by atoms with Crippen molar-refractivity contribution in [1.82, 2.24) is 0 Å². The Balaban J connectivity index is 2.25. The summed E-state index contributed by atoms with van der Waals surface area (Å²) in [5.74, 6) is 1.05. The molecule has 2 fully saturated rings. The Bertz CT molecular complexity index is 155. The highest BCUT2D eigenvalue weighted by atomic mass is 14.6. The summed E-state index contributed by atoms with van der Waals surface area (Å²) in [6, 6.07) is 0. The minimum absolute atomic E-state index is 0.674. The molecule has 58 valence electrons. The third-order valence-corrected chi connectivity index (χ3v) is 3.82. The lowest BCUT2D eigenvalue weighted by Gasteiger charge is -2.32. The summed E-state index contributed by atoms with van der Waals surface area (Å²) in [5, 5.41) is 0. The van der Waals surface area contributed by atoms with E-state index in [-0.39, 0.29) is 0 Å². The van der Waals surface area contributed by atoms with Gasteiger partial charge in [0.2, 0.25) is 0 Å². The third kappa shape index (κ3) is 0.741. The highest BCUT2D eigenvalue weighted by molar-refractivity contribution is 5.01. The van der Waals surface area contributed by atoms with Gasteiger partial charge in [0.1, 0.15) is 0 Å².